The van der Waals surface area contributed by atoms with E-state index in [1.54, 1.807) is 0 Å². The fourth-order valence-electron chi connectivity index (χ4n) is 3.00. The predicted molar refractivity (Wildman–Crippen MR) is 87.7 cm³/mol. The number of carbonyl (C=O) groups excluding carboxylic acids is 1. The first-order valence-corrected chi connectivity index (χ1v) is 9.21. The van der Waals surface area contributed by atoms with Crippen molar-refractivity contribution in [2.45, 2.75) is 42.5 Å². The van der Waals surface area contributed by atoms with Gasteiger partial charge in [-0.15, -0.1) is 0 Å². The van der Waals surface area contributed by atoms with Gasteiger partial charge in [-0.25, -0.2) is 8.42 Å². The molecular formula is C16H23NO6S. The molecule has 24 heavy (non-hydrogen) atoms. The Balaban J connectivity index is 2.37. The number of hydrogen-bond acceptors (Lipinski definition) is 6. The van der Waals surface area contributed by atoms with Gasteiger partial charge in [0, 0.05) is 6.07 Å². The summed E-state index contributed by atoms with van der Waals surface area (Å²) in [6.07, 6.45) is 3.35. The van der Waals surface area contributed by atoms with E-state index in [4.69, 9.17) is 14.2 Å². The summed E-state index contributed by atoms with van der Waals surface area (Å²) >= 11 is 0. The molecule has 2 rings (SSSR count). The summed E-state index contributed by atoms with van der Waals surface area (Å²) in [6, 6.07) is 4.30. The van der Waals surface area contributed by atoms with Crippen molar-refractivity contribution in [3.05, 3.63) is 18.2 Å². The maximum Gasteiger partial charge on any atom is 0.327 e. The van der Waals surface area contributed by atoms with E-state index < -0.39 is 21.5 Å². The van der Waals surface area contributed by atoms with E-state index >= 15 is 0 Å². The second-order valence-electron chi connectivity index (χ2n) is 5.76. The van der Waals surface area contributed by atoms with Crippen LogP contribution in [0.4, 0.5) is 0 Å². The molecular weight excluding hydrogens is 334 g/mol. The average molecular weight is 357 g/mol. The Hall–Kier alpha value is -1.80. The summed E-state index contributed by atoms with van der Waals surface area (Å²) in [6.45, 7) is 0. The molecule has 0 amide bonds. The first-order chi connectivity index (χ1) is 11.4. The highest BCUT2D eigenvalue weighted by atomic mass is 32.2. The van der Waals surface area contributed by atoms with Crippen LogP contribution >= 0.6 is 0 Å². The average Bonchev–Trinajstić information content (AvgIpc) is 2.60. The van der Waals surface area contributed by atoms with Crippen LogP contribution < -0.4 is 14.2 Å². The van der Waals surface area contributed by atoms with Crippen molar-refractivity contribution in [1.82, 2.24) is 4.72 Å². The van der Waals surface area contributed by atoms with Crippen molar-refractivity contribution in [3.8, 4) is 11.5 Å². The van der Waals surface area contributed by atoms with Crippen molar-refractivity contribution in [3.63, 3.8) is 0 Å². The molecule has 1 aromatic carbocycles. The van der Waals surface area contributed by atoms with Crippen LogP contribution in [-0.4, -0.2) is 41.3 Å². The molecule has 1 aliphatic carbocycles. The lowest BCUT2D eigenvalue weighted by Crippen LogP contribution is -2.55. The summed E-state index contributed by atoms with van der Waals surface area (Å²) in [5.74, 6) is 0.180. The van der Waals surface area contributed by atoms with E-state index in [1.807, 2.05) is 0 Å². The second-order valence-corrected chi connectivity index (χ2v) is 7.44. The standard InChI is InChI=1S/C16H23NO6S/c1-21-13-8-7-12(11-14(13)22-2)24(19,20)17-16(15(18)23-3)9-5-4-6-10-16/h7-8,11,17H,4-6,9-10H2,1-3H3. The Kier molecular flexibility index (Phi) is 5.71. The van der Waals surface area contributed by atoms with Crippen LogP contribution in [0, 0.1) is 0 Å². The normalized spacial score (nSPS) is 17.1. The molecule has 134 valence electrons. The number of ether oxygens (including phenoxy) is 3. The Morgan fingerprint density at radius 2 is 1.67 bits per heavy atom. The minimum Gasteiger partial charge on any atom is -0.493 e. The highest BCUT2D eigenvalue weighted by Crippen LogP contribution is 2.33. The zero-order chi connectivity index (χ0) is 17.8. The quantitative estimate of drug-likeness (QED) is 0.782. The Labute approximate surface area is 142 Å². The lowest BCUT2D eigenvalue weighted by atomic mass is 9.83. The van der Waals surface area contributed by atoms with Crippen molar-refractivity contribution >= 4 is 16.0 Å². The van der Waals surface area contributed by atoms with E-state index in [0.717, 1.165) is 19.3 Å². The second kappa shape index (κ2) is 7.40. The Morgan fingerprint density at radius 3 is 2.21 bits per heavy atom. The number of sulfonamides is 1. The van der Waals surface area contributed by atoms with Gasteiger partial charge >= 0.3 is 5.97 Å². The van der Waals surface area contributed by atoms with Gasteiger partial charge in [-0.2, -0.15) is 4.72 Å². The van der Waals surface area contributed by atoms with Crippen LogP contribution in [-0.2, 0) is 19.6 Å². The van der Waals surface area contributed by atoms with Gasteiger partial charge in [0.05, 0.1) is 26.2 Å². The molecule has 1 aliphatic rings. The summed E-state index contributed by atoms with van der Waals surface area (Å²) in [5.41, 5.74) is -1.21. The van der Waals surface area contributed by atoms with Crippen LogP contribution in [0.2, 0.25) is 0 Å². The lowest BCUT2D eigenvalue weighted by Gasteiger charge is -2.34. The highest BCUT2D eigenvalue weighted by molar-refractivity contribution is 7.89. The number of nitrogens with one attached hydrogen (secondary N) is 1. The van der Waals surface area contributed by atoms with Crippen LogP contribution in [0.5, 0.6) is 11.5 Å². The fraction of sp³-hybridized carbons (Fsp3) is 0.562. The number of hydrogen-bond donors (Lipinski definition) is 1. The van der Waals surface area contributed by atoms with E-state index in [2.05, 4.69) is 4.72 Å². The maximum absolute atomic E-state index is 12.8. The molecule has 0 atom stereocenters. The van der Waals surface area contributed by atoms with Gasteiger partial charge in [0.25, 0.3) is 0 Å². The number of methoxy groups -OCH3 is 3. The number of benzene rings is 1. The van der Waals surface area contributed by atoms with Crippen LogP contribution in [0.15, 0.2) is 23.1 Å². The van der Waals surface area contributed by atoms with Crippen molar-refractivity contribution in [2.75, 3.05) is 21.3 Å². The molecule has 0 radical (unpaired) electrons. The highest BCUT2D eigenvalue weighted by Gasteiger charge is 2.44. The van der Waals surface area contributed by atoms with Crippen LogP contribution in [0.25, 0.3) is 0 Å². The zero-order valence-electron chi connectivity index (χ0n) is 14.1. The SMILES string of the molecule is COC(=O)C1(NS(=O)(=O)c2ccc(OC)c(OC)c2)CCCCC1. The van der Waals surface area contributed by atoms with Crippen LogP contribution in [0.3, 0.4) is 0 Å². The fourth-order valence-corrected chi connectivity index (χ4v) is 4.43. The molecule has 7 nitrogen and oxygen atoms in total. The third kappa shape index (κ3) is 3.64. The van der Waals surface area contributed by atoms with E-state index in [9.17, 15) is 13.2 Å². The Bertz CT molecular complexity index is 695. The predicted octanol–water partition coefficient (Wildman–Crippen LogP) is 1.86. The first-order valence-electron chi connectivity index (χ1n) is 7.73. The van der Waals surface area contributed by atoms with E-state index in [0.29, 0.717) is 24.3 Å². The van der Waals surface area contributed by atoms with E-state index in [-0.39, 0.29) is 4.90 Å². The third-order valence-corrected chi connectivity index (χ3v) is 5.81. The van der Waals surface area contributed by atoms with Gasteiger partial charge in [-0.05, 0) is 25.0 Å². The largest absolute Gasteiger partial charge is 0.493 e. The first kappa shape index (κ1) is 18.5. The number of esters is 1. The molecule has 0 bridgehead atoms. The molecule has 0 unspecified atom stereocenters. The topological polar surface area (TPSA) is 90.9 Å². The lowest BCUT2D eigenvalue weighted by molar-refractivity contribution is -0.149. The van der Waals surface area contributed by atoms with Gasteiger partial charge in [0.1, 0.15) is 5.54 Å². The van der Waals surface area contributed by atoms with Gasteiger partial charge in [0.15, 0.2) is 11.5 Å². The molecule has 0 aliphatic heterocycles. The summed E-state index contributed by atoms with van der Waals surface area (Å²) in [4.78, 5) is 12.2. The minimum atomic E-state index is -3.92. The summed E-state index contributed by atoms with van der Waals surface area (Å²) in [7, 11) is 0.250. The van der Waals surface area contributed by atoms with Crippen molar-refractivity contribution in [2.24, 2.45) is 0 Å². The Morgan fingerprint density at radius 1 is 1.04 bits per heavy atom. The van der Waals surface area contributed by atoms with Crippen LogP contribution in [0.1, 0.15) is 32.1 Å². The summed E-state index contributed by atoms with van der Waals surface area (Å²) in [5, 5.41) is 0. The molecule has 1 fully saturated rings. The molecule has 1 aromatic rings. The van der Waals surface area contributed by atoms with Gasteiger partial charge in [-0.3, -0.25) is 4.79 Å². The minimum absolute atomic E-state index is 0.00833. The molecule has 0 saturated heterocycles. The van der Waals surface area contributed by atoms with Gasteiger partial charge in [-0.1, -0.05) is 19.3 Å². The molecule has 0 spiro atoms. The van der Waals surface area contributed by atoms with Crippen molar-refractivity contribution in [1.29, 1.82) is 0 Å². The molecule has 8 heteroatoms. The maximum atomic E-state index is 12.8. The van der Waals surface area contributed by atoms with Crippen molar-refractivity contribution < 1.29 is 27.4 Å². The molecule has 1 N–H and O–H groups in total. The number of carbonyl (C=O) groups is 1. The van der Waals surface area contributed by atoms with Gasteiger partial charge < -0.3 is 14.2 Å². The van der Waals surface area contributed by atoms with Gasteiger partial charge in [0.2, 0.25) is 10.0 Å². The molecule has 0 heterocycles. The smallest absolute Gasteiger partial charge is 0.327 e. The van der Waals surface area contributed by atoms with E-state index in [1.165, 1.54) is 39.5 Å². The monoisotopic (exact) mass is 357 g/mol. The number of rotatable bonds is 6. The molecule has 0 aromatic heterocycles. The molecule has 1 saturated carbocycles. The third-order valence-electron chi connectivity index (χ3n) is 4.28. The zero-order valence-corrected chi connectivity index (χ0v) is 14.9. The summed E-state index contributed by atoms with van der Waals surface area (Å²) < 4.78 is 43.2.